The summed E-state index contributed by atoms with van der Waals surface area (Å²) in [6.07, 6.45) is -5.23. The zero-order valence-corrected chi connectivity index (χ0v) is 13.0. The molecule has 1 atom stereocenters. The van der Waals surface area contributed by atoms with E-state index < -0.39 is 24.1 Å². The molecule has 2 rings (SSSR count). The predicted octanol–water partition coefficient (Wildman–Crippen LogP) is 3.42. The molecule has 0 fully saturated rings. The van der Waals surface area contributed by atoms with Crippen LogP contribution in [-0.4, -0.2) is 30.3 Å². The number of methoxy groups -OCH3 is 1. The number of rotatable bonds is 5. The van der Waals surface area contributed by atoms with Gasteiger partial charge < -0.3 is 9.84 Å². The molecular formula is C17H14F3NO4. The van der Waals surface area contributed by atoms with Crippen LogP contribution in [0.3, 0.4) is 0 Å². The van der Waals surface area contributed by atoms with Gasteiger partial charge in [0.05, 0.1) is 7.11 Å². The molecule has 0 heterocycles. The molecule has 2 aromatic rings. The standard InChI is InChI=1S/C17H14F3NO4/c1-25-13-9-7-12(8-10-13)21(16(24)17(18,19)20)14(15(22)23)11-5-3-2-4-6-11/h2-10,14H,1H3,(H,22,23). The van der Waals surface area contributed by atoms with Gasteiger partial charge >= 0.3 is 18.1 Å². The zero-order chi connectivity index (χ0) is 18.6. The van der Waals surface area contributed by atoms with E-state index in [4.69, 9.17) is 4.74 Å². The number of anilines is 1. The van der Waals surface area contributed by atoms with Crippen LogP contribution in [-0.2, 0) is 9.59 Å². The Morgan fingerprint density at radius 1 is 1.04 bits per heavy atom. The molecule has 1 unspecified atom stereocenters. The van der Waals surface area contributed by atoms with Crippen molar-refractivity contribution < 1.29 is 32.6 Å². The lowest BCUT2D eigenvalue weighted by molar-refractivity contribution is -0.171. The number of aliphatic carboxylic acids is 1. The first-order valence-corrected chi connectivity index (χ1v) is 7.08. The van der Waals surface area contributed by atoms with Crippen LogP contribution in [0.4, 0.5) is 18.9 Å². The molecule has 25 heavy (non-hydrogen) atoms. The minimum atomic E-state index is -5.23. The number of benzene rings is 2. The number of ether oxygens (including phenoxy) is 1. The van der Waals surface area contributed by atoms with Crippen molar-refractivity contribution in [3.8, 4) is 5.75 Å². The van der Waals surface area contributed by atoms with Gasteiger partial charge in [-0.3, -0.25) is 9.69 Å². The van der Waals surface area contributed by atoms with Crippen LogP contribution in [0.5, 0.6) is 5.75 Å². The molecule has 5 nitrogen and oxygen atoms in total. The number of carboxylic acid groups (broad SMARTS) is 1. The number of hydrogen-bond acceptors (Lipinski definition) is 3. The van der Waals surface area contributed by atoms with Crippen LogP contribution in [0.25, 0.3) is 0 Å². The van der Waals surface area contributed by atoms with E-state index in [2.05, 4.69) is 0 Å². The van der Waals surface area contributed by atoms with Crippen molar-refractivity contribution in [2.24, 2.45) is 0 Å². The third-order valence-electron chi connectivity index (χ3n) is 3.42. The third kappa shape index (κ3) is 4.09. The minimum Gasteiger partial charge on any atom is -0.497 e. The first-order valence-electron chi connectivity index (χ1n) is 7.08. The highest BCUT2D eigenvalue weighted by molar-refractivity contribution is 6.02. The highest BCUT2D eigenvalue weighted by Crippen LogP contribution is 2.33. The Balaban J connectivity index is 2.59. The second-order valence-corrected chi connectivity index (χ2v) is 5.02. The van der Waals surface area contributed by atoms with Crippen molar-refractivity contribution in [1.29, 1.82) is 0 Å². The van der Waals surface area contributed by atoms with Gasteiger partial charge in [-0.25, -0.2) is 4.79 Å². The molecule has 0 saturated carbocycles. The molecule has 0 bridgehead atoms. The van der Waals surface area contributed by atoms with Crippen LogP contribution in [0.1, 0.15) is 11.6 Å². The maximum Gasteiger partial charge on any atom is 0.471 e. The molecular weight excluding hydrogens is 339 g/mol. The number of halogens is 3. The Hall–Kier alpha value is -3.03. The molecule has 0 aliphatic heterocycles. The number of carbonyl (C=O) groups is 2. The van der Waals surface area contributed by atoms with Gasteiger partial charge in [-0.05, 0) is 29.8 Å². The molecule has 0 aromatic heterocycles. The van der Waals surface area contributed by atoms with E-state index in [1.807, 2.05) is 0 Å². The number of amides is 1. The Bertz CT molecular complexity index is 745. The first kappa shape index (κ1) is 18.3. The summed E-state index contributed by atoms with van der Waals surface area (Å²) in [6, 6.07) is 10.5. The molecule has 0 spiro atoms. The third-order valence-corrected chi connectivity index (χ3v) is 3.42. The topological polar surface area (TPSA) is 66.8 Å². The normalized spacial score (nSPS) is 12.3. The first-order chi connectivity index (χ1) is 11.8. The van der Waals surface area contributed by atoms with E-state index in [0.29, 0.717) is 5.75 Å². The van der Waals surface area contributed by atoms with Gasteiger partial charge in [-0.2, -0.15) is 13.2 Å². The van der Waals surface area contributed by atoms with Gasteiger partial charge in [-0.1, -0.05) is 30.3 Å². The van der Waals surface area contributed by atoms with Crippen molar-refractivity contribution in [2.75, 3.05) is 12.0 Å². The summed E-state index contributed by atoms with van der Waals surface area (Å²) in [5.74, 6) is -3.50. The molecule has 8 heteroatoms. The fourth-order valence-electron chi connectivity index (χ4n) is 2.30. The van der Waals surface area contributed by atoms with Crippen molar-refractivity contribution in [3.63, 3.8) is 0 Å². The summed E-state index contributed by atoms with van der Waals surface area (Å²) in [4.78, 5) is 23.8. The quantitative estimate of drug-likeness (QED) is 0.894. The van der Waals surface area contributed by atoms with E-state index in [-0.39, 0.29) is 16.2 Å². The van der Waals surface area contributed by atoms with Crippen molar-refractivity contribution in [2.45, 2.75) is 12.2 Å². The molecule has 132 valence electrons. The summed E-state index contributed by atoms with van der Waals surface area (Å²) < 4.78 is 44.1. The van der Waals surface area contributed by atoms with E-state index in [1.54, 1.807) is 6.07 Å². The minimum absolute atomic E-state index is 0.0448. The highest BCUT2D eigenvalue weighted by Gasteiger charge is 2.47. The molecule has 0 aliphatic rings. The largest absolute Gasteiger partial charge is 0.497 e. The van der Waals surface area contributed by atoms with Crippen LogP contribution >= 0.6 is 0 Å². The van der Waals surface area contributed by atoms with Gasteiger partial charge in [0, 0.05) is 5.69 Å². The number of nitrogens with zero attached hydrogens (tertiary/aromatic N) is 1. The van der Waals surface area contributed by atoms with Crippen LogP contribution in [0.2, 0.25) is 0 Å². The van der Waals surface area contributed by atoms with Gasteiger partial charge in [0.25, 0.3) is 0 Å². The summed E-state index contributed by atoms with van der Waals surface area (Å²) in [5.41, 5.74) is -0.164. The lowest BCUT2D eigenvalue weighted by Gasteiger charge is -2.30. The average Bonchev–Trinajstić information content (AvgIpc) is 2.58. The SMILES string of the molecule is COc1ccc(N(C(=O)C(F)(F)F)C(C(=O)O)c2ccccc2)cc1. The van der Waals surface area contributed by atoms with E-state index >= 15 is 0 Å². The van der Waals surface area contributed by atoms with Crippen LogP contribution in [0.15, 0.2) is 54.6 Å². The van der Waals surface area contributed by atoms with Crippen molar-refractivity contribution in [3.05, 3.63) is 60.2 Å². The second-order valence-electron chi connectivity index (χ2n) is 5.02. The van der Waals surface area contributed by atoms with Crippen molar-refractivity contribution >= 4 is 17.6 Å². The van der Waals surface area contributed by atoms with Crippen molar-refractivity contribution in [1.82, 2.24) is 0 Å². The van der Waals surface area contributed by atoms with Crippen LogP contribution in [0, 0.1) is 0 Å². The molecule has 2 aromatic carbocycles. The lowest BCUT2D eigenvalue weighted by atomic mass is 10.0. The van der Waals surface area contributed by atoms with Gasteiger partial charge in [0.1, 0.15) is 5.75 Å². The Morgan fingerprint density at radius 3 is 2.04 bits per heavy atom. The van der Waals surface area contributed by atoms with E-state index in [9.17, 15) is 27.9 Å². The van der Waals surface area contributed by atoms with E-state index in [1.165, 1.54) is 55.6 Å². The fraction of sp³-hybridized carbons (Fsp3) is 0.176. The summed E-state index contributed by atoms with van der Waals surface area (Å²) in [5, 5.41) is 9.49. The summed E-state index contributed by atoms with van der Waals surface area (Å²) in [6.45, 7) is 0. The Kier molecular flexibility index (Phi) is 5.31. The molecule has 1 N–H and O–H groups in total. The van der Waals surface area contributed by atoms with E-state index in [0.717, 1.165) is 0 Å². The molecule has 0 saturated heterocycles. The highest BCUT2D eigenvalue weighted by atomic mass is 19.4. The lowest BCUT2D eigenvalue weighted by Crippen LogP contribution is -2.46. The number of carboxylic acids is 1. The second kappa shape index (κ2) is 7.25. The number of carbonyl (C=O) groups excluding carboxylic acids is 1. The maximum atomic E-state index is 13.1. The smallest absolute Gasteiger partial charge is 0.471 e. The number of hydrogen-bond donors (Lipinski definition) is 1. The maximum absolute atomic E-state index is 13.1. The molecule has 0 radical (unpaired) electrons. The molecule has 1 amide bonds. The Morgan fingerprint density at radius 2 is 1.60 bits per heavy atom. The monoisotopic (exact) mass is 353 g/mol. The number of alkyl halides is 3. The zero-order valence-electron chi connectivity index (χ0n) is 13.0. The van der Waals surface area contributed by atoms with Gasteiger partial charge in [0.2, 0.25) is 0 Å². The van der Waals surface area contributed by atoms with Gasteiger partial charge in [0.15, 0.2) is 6.04 Å². The van der Waals surface area contributed by atoms with Gasteiger partial charge in [-0.15, -0.1) is 0 Å². The Labute approximate surface area is 141 Å². The summed E-state index contributed by atoms with van der Waals surface area (Å²) >= 11 is 0. The predicted molar refractivity (Wildman–Crippen MR) is 83.4 cm³/mol. The average molecular weight is 353 g/mol. The molecule has 0 aliphatic carbocycles. The van der Waals surface area contributed by atoms with Crippen LogP contribution < -0.4 is 9.64 Å². The fourth-order valence-corrected chi connectivity index (χ4v) is 2.30. The summed E-state index contributed by atoms with van der Waals surface area (Å²) in [7, 11) is 1.37.